The summed E-state index contributed by atoms with van der Waals surface area (Å²) in [6, 6.07) is 12.5. The average Bonchev–Trinajstić information content (AvgIpc) is 2.68. The molecule has 0 saturated heterocycles. The highest BCUT2D eigenvalue weighted by molar-refractivity contribution is 9.10. The second-order valence-electron chi connectivity index (χ2n) is 6.60. The molecule has 29 heavy (non-hydrogen) atoms. The summed E-state index contributed by atoms with van der Waals surface area (Å²) < 4.78 is 17.0. The van der Waals surface area contributed by atoms with Gasteiger partial charge in [-0.05, 0) is 64.4 Å². The highest BCUT2D eigenvalue weighted by Crippen LogP contribution is 2.26. The van der Waals surface area contributed by atoms with Gasteiger partial charge < -0.3 is 19.5 Å². The van der Waals surface area contributed by atoms with E-state index in [0.717, 1.165) is 0 Å². The van der Waals surface area contributed by atoms with E-state index in [1.165, 1.54) is 0 Å². The Labute approximate surface area is 185 Å². The Morgan fingerprint density at radius 1 is 1.10 bits per heavy atom. The number of hydrogen-bond acceptors (Lipinski definition) is 5. The van der Waals surface area contributed by atoms with E-state index in [2.05, 4.69) is 40.4 Å². The van der Waals surface area contributed by atoms with E-state index < -0.39 is 0 Å². The number of rotatable bonds is 9. The fourth-order valence-electron chi connectivity index (χ4n) is 2.28. The number of ether oxygens (including phenoxy) is 3. The van der Waals surface area contributed by atoms with Crippen LogP contribution in [0, 0.1) is 5.92 Å². The maximum atomic E-state index is 12.5. The van der Waals surface area contributed by atoms with E-state index in [-0.39, 0.29) is 11.0 Å². The molecule has 2 aromatic carbocycles. The summed E-state index contributed by atoms with van der Waals surface area (Å²) in [4.78, 5) is 12.5. The molecule has 0 saturated carbocycles. The summed E-state index contributed by atoms with van der Waals surface area (Å²) in [5.41, 5.74) is 1.14. The van der Waals surface area contributed by atoms with E-state index in [4.69, 9.17) is 26.4 Å². The van der Waals surface area contributed by atoms with Crippen LogP contribution in [0.4, 0.5) is 5.69 Å². The minimum Gasteiger partial charge on any atom is -0.491 e. The first-order valence-corrected chi connectivity index (χ1v) is 10.4. The van der Waals surface area contributed by atoms with Gasteiger partial charge in [0.1, 0.15) is 18.1 Å². The van der Waals surface area contributed by atoms with Crippen LogP contribution in [-0.4, -0.2) is 38.0 Å². The molecule has 6 nitrogen and oxygen atoms in total. The molecule has 156 valence electrons. The Morgan fingerprint density at radius 2 is 1.86 bits per heavy atom. The van der Waals surface area contributed by atoms with Crippen molar-refractivity contribution in [3.63, 3.8) is 0 Å². The molecule has 0 aliphatic carbocycles. The number of carbonyl (C=O) groups excluding carboxylic acids is 1. The second-order valence-corrected chi connectivity index (χ2v) is 7.86. The first kappa shape index (κ1) is 23.1. The molecule has 0 radical (unpaired) electrons. The van der Waals surface area contributed by atoms with Crippen LogP contribution in [0.1, 0.15) is 24.2 Å². The van der Waals surface area contributed by atoms with Gasteiger partial charge >= 0.3 is 0 Å². The summed E-state index contributed by atoms with van der Waals surface area (Å²) in [7, 11) is 1.61. The first-order chi connectivity index (χ1) is 13.9. The van der Waals surface area contributed by atoms with Gasteiger partial charge in [-0.1, -0.05) is 26.0 Å². The predicted octanol–water partition coefficient (Wildman–Crippen LogP) is 4.64. The number of thiocarbonyl (C=S) groups is 1. The van der Waals surface area contributed by atoms with Gasteiger partial charge in [0.2, 0.25) is 0 Å². The van der Waals surface area contributed by atoms with E-state index in [0.29, 0.717) is 53.0 Å². The van der Waals surface area contributed by atoms with Crippen molar-refractivity contribution >= 4 is 44.9 Å². The molecule has 1 amide bonds. The van der Waals surface area contributed by atoms with Gasteiger partial charge in [-0.25, -0.2) is 0 Å². The number of hydrogen-bond donors (Lipinski definition) is 2. The average molecular weight is 481 g/mol. The lowest BCUT2D eigenvalue weighted by molar-refractivity contribution is 0.0977. The van der Waals surface area contributed by atoms with Crippen molar-refractivity contribution in [2.75, 3.05) is 32.2 Å². The lowest BCUT2D eigenvalue weighted by Gasteiger charge is -2.15. The molecule has 2 aromatic rings. The molecule has 0 unspecified atom stereocenters. The van der Waals surface area contributed by atoms with Crippen LogP contribution in [0.2, 0.25) is 0 Å². The third kappa shape index (κ3) is 7.64. The van der Waals surface area contributed by atoms with Crippen molar-refractivity contribution < 1.29 is 19.0 Å². The number of anilines is 1. The highest BCUT2D eigenvalue weighted by atomic mass is 79.9. The van der Waals surface area contributed by atoms with Crippen molar-refractivity contribution in [2.45, 2.75) is 13.8 Å². The Morgan fingerprint density at radius 3 is 2.55 bits per heavy atom. The zero-order valence-corrected chi connectivity index (χ0v) is 19.1. The minimum atomic E-state index is -0.327. The maximum absolute atomic E-state index is 12.5. The maximum Gasteiger partial charge on any atom is 0.257 e. The highest BCUT2D eigenvalue weighted by Gasteiger charge is 2.12. The second kappa shape index (κ2) is 11.7. The summed E-state index contributed by atoms with van der Waals surface area (Å²) in [5, 5.41) is 5.89. The topological polar surface area (TPSA) is 68.8 Å². The van der Waals surface area contributed by atoms with Crippen molar-refractivity contribution in [3.8, 4) is 11.5 Å². The van der Waals surface area contributed by atoms with Crippen LogP contribution in [0.3, 0.4) is 0 Å². The number of halogens is 1. The number of carbonyl (C=O) groups is 1. The zero-order valence-electron chi connectivity index (χ0n) is 16.7. The molecule has 0 fully saturated rings. The molecule has 8 heteroatoms. The largest absolute Gasteiger partial charge is 0.491 e. The molecule has 2 rings (SSSR count). The first-order valence-electron chi connectivity index (χ1n) is 9.16. The van der Waals surface area contributed by atoms with Crippen molar-refractivity contribution in [3.05, 3.63) is 52.5 Å². The normalized spacial score (nSPS) is 10.5. The van der Waals surface area contributed by atoms with Gasteiger partial charge in [-0.3, -0.25) is 10.1 Å². The van der Waals surface area contributed by atoms with E-state index in [1.807, 2.05) is 24.3 Å². The van der Waals surface area contributed by atoms with E-state index >= 15 is 0 Å². The van der Waals surface area contributed by atoms with Crippen LogP contribution in [0.5, 0.6) is 11.5 Å². The van der Waals surface area contributed by atoms with Gasteiger partial charge in [0.25, 0.3) is 5.91 Å². The Hall–Kier alpha value is -2.16. The number of amides is 1. The standard InChI is InChI=1S/C21H25BrN2O4S/c1-14(2)13-28-19-7-5-4-6-17(19)23-21(29)24-20(25)15-8-9-18(16(22)12-15)27-11-10-26-3/h4-9,12,14H,10-11,13H2,1-3H3,(H2,23,24,25,29). The fourth-order valence-corrected chi connectivity index (χ4v) is 2.97. The fraction of sp³-hybridized carbons (Fsp3) is 0.333. The van der Waals surface area contributed by atoms with Gasteiger partial charge in [0.15, 0.2) is 5.11 Å². The molecule has 0 aliphatic heterocycles. The Kier molecular flexibility index (Phi) is 9.37. The summed E-state index contributed by atoms with van der Waals surface area (Å²) in [6.45, 7) is 5.65. The van der Waals surface area contributed by atoms with Crippen LogP contribution in [0.25, 0.3) is 0 Å². The van der Waals surface area contributed by atoms with Gasteiger partial charge in [0, 0.05) is 12.7 Å². The van der Waals surface area contributed by atoms with E-state index in [1.54, 1.807) is 25.3 Å². The van der Waals surface area contributed by atoms with Crippen molar-refractivity contribution in [1.82, 2.24) is 5.32 Å². The molecule has 0 atom stereocenters. The quantitative estimate of drug-likeness (QED) is 0.402. The zero-order chi connectivity index (χ0) is 21.2. The summed E-state index contributed by atoms with van der Waals surface area (Å²) >= 11 is 8.70. The lowest BCUT2D eigenvalue weighted by atomic mass is 10.2. The number of nitrogens with one attached hydrogen (secondary N) is 2. The van der Waals surface area contributed by atoms with Crippen molar-refractivity contribution in [2.24, 2.45) is 5.92 Å². The van der Waals surface area contributed by atoms with Crippen LogP contribution < -0.4 is 20.1 Å². The van der Waals surface area contributed by atoms with Crippen molar-refractivity contribution in [1.29, 1.82) is 0 Å². The van der Waals surface area contributed by atoms with Crippen LogP contribution in [0.15, 0.2) is 46.9 Å². The molecular formula is C21H25BrN2O4S. The third-order valence-corrected chi connectivity index (χ3v) is 4.50. The third-order valence-electron chi connectivity index (χ3n) is 3.67. The Bertz CT molecular complexity index is 845. The molecule has 0 aliphatic rings. The van der Waals surface area contributed by atoms with Gasteiger partial charge in [-0.15, -0.1) is 0 Å². The number of benzene rings is 2. The molecule has 0 bridgehead atoms. The lowest BCUT2D eigenvalue weighted by Crippen LogP contribution is -2.34. The summed E-state index contributed by atoms with van der Waals surface area (Å²) in [6.07, 6.45) is 0. The van der Waals surface area contributed by atoms with Crippen LogP contribution in [-0.2, 0) is 4.74 Å². The molecule has 2 N–H and O–H groups in total. The smallest absolute Gasteiger partial charge is 0.257 e. The Balaban J connectivity index is 1.97. The van der Waals surface area contributed by atoms with E-state index in [9.17, 15) is 4.79 Å². The van der Waals surface area contributed by atoms with Crippen LogP contribution >= 0.6 is 28.1 Å². The molecule has 0 spiro atoms. The molecule has 0 heterocycles. The number of para-hydroxylation sites is 2. The molecular weight excluding hydrogens is 456 g/mol. The SMILES string of the molecule is COCCOc1ccc(C(=O)NC(=S)Nc2ccccc2OCC(C)C)cc1Br. The molecule has 0 aromatic heterocycles. The minimum absolute atomic E-state index is 0.187. The monoisotopic (exact) mass is 480 g/mol. The number of methoxy groups -OCH3 is 1. The summed E-state index contributed by atoms with van der Waals surface area (Å²) in [5.74, 6) is 1.38. The van der Waals surface area contributed by atoms with Gasteiger partial charge in [-0.2, -0.15) is 0 Å². The van der Waals surface area contributed by atoms with Gasteiger partial charge in [0.05, 0.1) is 23.4 Å². The predicted molar refractivity (Wildman–Crippen MR) is 122 cm³/mol.